The number of nitrogens with zero attached hydrogens (tertiary/aromatic N) is 4. The third-order valence-electron chi connectivity index (χ3n) is 1.70. The molecule has 0 fully saturated rings. The van der Waals surface area contributed by atoms with Gasteiger partial charge in [0.1, 0.15) is 5.15 Å². The molecule has 7 nitrogen and oxygen atoms in total. The molecule has 78 valence electrons. The highest BCUT2D eigenvalue weighted by Gasteiger charge is 2.03. The first-order valence-electron chi connectivity index (χ1n) is 4.14. The highest BCUT2D eigenvalue weighted by molar-refractivity contribution is 6.29. The maximum atomic E-state index is 5.72. The van der Waals surface area contributed by atoms with Crippen LogP contribution in [0.5, 0.6) is 0 Å². The lowest BCUT2D eigenvalue weighted by Crippen LogP contribution is -2.05. The number of anilines is 2. The van der Waals surface area contributed by atoms with E-state index in [9.17, 15) is 0 Å². The quantitative estimate of drug-likeness (QED) is 0.655. The second-order valence-electron chi connectivity index (χ2n) is 2.75. The Labute approximate surface area is 90.0 Å². The predicted octanol–water partition coefficient (Wildman–Crippen LogP) is 0.442. The van der Waals surface area contributed by atoms with E-state index >= 15 is 0 Å². The first-order chi connectivity index (χ1) is 7.25. The van der Waals surface area contributed by atoms with Crippen LogP contribution in [0.4, 0.5) is 11.5 Å². The second-order valence-corrected chi connectivity index (χ2v) is 3.14. The van der Waals surface area contributed by atoms with Gasteiger partial charge in [0.2, 0.25) is 0 Å². The molecule has 0 aromatic carbocycles. The number of nitrogens with one attached hydrogen (secondary N) is 2. The number of pyridine rings is 1. The van der Waals surface area contributed by atoms with E-state index in [0.29, 0.717) is 29.0 Å². The Morgan fingerprint density at radius 1 is 1.47 bits per heavy atom. The fourth-order valence-electron chi connectivity index (χ4n) is 1.01. The first kappa shape index (κ1) is 9.66. The van der Waals surface area contributed by atoms with Crippen molar-refractivity contribution in [3.63, 3.8) is 0 Å². The summed E-state index contributed by atoms with van der Waals surface area (Å²) in [5, 5.41) is 16.6. The standard InChI is InChI=1S/C7H8ClN7/c8-5-2-1-4(9)7(11-5)10-3-6-12-14-15-13-6/h1-2H,3,9H2,(H,10,11)(H,12,13,14,15). The number of halogens is 1. The van der Waals surface area contributed by atoms with Gasteiger partial charge in [0.25, 0.3) is 0 Å². The molecular formula is C7H8ClN7. The van der Waals surface area contributed by atoms with Crippen LogP contribution in [0.2, 0.25) is 5.15 Å². The van der Waals surface area contributed by atoms with E-state index in [-0.39, 0.29) is 0 Å². The van der Waals surface area contributed by atoms with Gasteiger partial charge in [-0.25, -0.2) is 4.98 Å². The molecule has 2 aromatic rings. The minimum atomic E-state index is 0.375. The van der Waals surface area contributed by atoms with Crippen LogP contribution in [0.25, 0.3) is 0 Å². The molecular weight excluding hydrogens is 218 g/mol. The van der Waals surface area contributed by atoms with Gasteiger partial charge in [0.15, 0.2) is 11.6 Å². The van der Waals surface area contributed by atoms with Crippen LogP contribution in [0.3, 0.4) is 0 Å². The summed E-state index contributed by atoms with van der Waals surface area (Å²) in [6.07, 6.45) is 0. The summed E-state index contributed by atoms with van der Waals surface area (Å²) in [4.78, 5) is 4.02. The topological polar surface area (TPSA) is 105 Å². The van der Waals surface area contributed by atoms with E-state index in [1.807, 2.05) is 0 Å². The smallest absolute Gasteiger partial charge is 0.193 e. The van der Waals surface area contributed by atoms with Crippen molar-refractivity contribution in [1.29, 1.82) is 0 Å². The summed E-state index contributed by atoms with van der Waals surface area (Å²) in [5.41, 5.74) is 6.20. The molecule has 0 aliphatic heterocycles. The maximum Gasteiger partial charge on any atom is 0.193 e. The van der Waals surface area contributed by atoms with Crippen LogP contribution in [0, 0.1) is 0 Å². The van der Waals surface area contributed by atoms with Crippen molar-refractivity contribution in [2.75, 3.05) is 11.1 Å². The lowest BCUT2D eigenvalue weighted by atomic mass is 10.4. The molecule has 15 heavy (non-hydrogen) atoms. The van der Waals surface area contributed by atoms with E-state index in [1.54, 1.807) is 12.1 Å². The normalized spacial score (nSPS) is 10.2. The van der Waals surface area contributed by atoms with Gasteiger partial charge in [-0.1, -0.05) is 16.8 Å². The number of tetrazole rings is 1. The van der Waals surface area contributed by atoms with Crippen LogP contribution in [0.1, 0.15) is 5.82 Å². The van der Waals surface area contributed by atoms with Gasteiger partial charge in [-0.05, 0) is 12.1 Å². The Balaban J connectivity index is 2.07. The van der Waals surface area contributed by atoms with Crippen LogP contribution in [0.15, 0.2) is 12.1 Å². The zero-order valence-corrected chi connectivity index (χ0v) is 8.36. The number of aromatic amines is 1. The molecule has 2 aromatic heterocycles. The molecule has 0 radical (unpaired) electrons. The molecule has 2 rings (SSSR count). The largest absolute Gasteiger partial charge is 0.396 e. The van der Waals surface area contributed by atoms with Gasteiger partial charge in [-0.2, -0.15) is 5.21 Å². The van der Waals surface area contributed by atoms with Crippen LogP contribution in [-0.2, 0) is 6.54 Å². The fourth-order valence-corrected chi connectivity index (χ4v) is 1.16. The second kappa shape index (κ2) is 4.09. The minimum Gasteiger partial charge on any atom is -0.396 e. The molecule has 0 saturated carbocycles. The molecule has 8 heteroatoms. The third-order valence-corrected chi connectivity index (χ3v) is 1.91. The number of rotatable bonds is 3. The summed E-state index contributed by atoms with van der Waals surface area (Å²) >= 11 is 5.72. The zero-order chi connectivity index (χ0) is 10.7. The van der Waals surface area contributed by atoms with Gasteiger partial charge in [0, 0.05) is 0 Å². The molecule has 0 aliphatic carbocycles. The molecule has 0 spiro atoms. The molecule has 0 atom stereocenters. The highest BCUT2D eigenvalue weighted by Crippen LogP contribution is 2.18. The first-order valence-corrected chi connectivity index (χ1v) is 4.52. The molecule has 0 aliphatic rings. The number of hydrogen-bond donors (Lipinski definition) is 3. The molecule has 0 bridgehead atoms. The Hall–Kier alpha value is -1.89. The molecule has 4 N–H and O–H groups in total. The Kier molecular flexibility index (Phi) is 2.64. The van der Waals surface area contributed by atoms with Crippen molar-refractivity contribution in [3.8, 4) is 0 Å². The van der Waals surface area contributed by atoms with Gasteiger partial charge in [-0.3, -0.25) is 0 Å². The van der Waals surface area contributed by atoms with Gasteiger partial charge < -0.3 is 11.1 Å². The minimum absolute atomic E-state index is 0.375. The Bertz CT molecular complexity index is 441. The van der Waals surface area contributed by atoms with E-state index in [2.05, 4.69) is 30.9 Å². The SMILES string of the molecule is Nc1ccc(Cl)nc1NCc1nn[nH]n1. The zero-order valence-electron chi connectivity index (χ0n) is 7.61. The number of nitrogen functional groups attached to an aromatic ring is 1. The van der Waals surface area contributed by atoms with Gasteiger partial charge in [0.05, 0.1) is 12.2 Å². The molecule has 0 saturated heterocycles. The summed E-state index contributed by atoms with van der Waals surface area (Å²) in [6.45, 7) is 0.383. The van der Waals surface area contributed by atoms with Crippen LogP contribution < -0.4 is 11.1 Å². The average molecular weight is 226 g/mol. The van der Waals surface area contributed by atoms with Crippen molar-refractivity contribution in [2.24, 2.45) is 0 Å². The van der Waals surface area contributed by atoms with Crippen molar-refractivity contribution in [3.05, 3.63) is 23.1 Å². The van der Waals surface area contributed by atoms with Crippen molar-refractivity contribution in [1.82, 2.24) is 25.6 Å². The average Bonchev–Trinajstić information content (AvgIpc) is 2.72. The lowest BCUT2D eigenvalue weighted by Gasteiger charge is -2.05. The van der Waals surface area contributed by atoms with Crippen molar-refractivity contribution in [2.45, 2.75) is 6.54 Å². The molecule has 0 amide bonds. The van der Waals surface area contributed by atoms with Crippen molar-refractivity contribution >= 4 is 23.1 Å². The van der Waals surface area contributed by atoms with E-state index in [4.69, 9.17) is 17.3 Å². The van der Waals surface area contributed by atoms with Crippen LogP contribution in [-0.4, -0.2) is 25.6 Å². The Morgan fingerprint density at radius 2 is 2.33 bits per heavy atom. The summed E-state index contributed by atoms with van der Waals surface area (Å²) in [5.74, 6) is 1.03. The predicted molar refractivity (Wildman–Crippen MR) is 55.2 cm³/mol. The number of aromatic nitrogens is 5. The fraction of sp³-hybridized carbons (Fsp3) is 0.143. The number of hydrogen-bond acceptors (Lipinski definition) is 6. The summed E-state index contributed by atoms with van der Waals surface area (Å²) in [7, 11) is 0. The monoisotopic (exact) mass is 225 g/mol. The van der Waals surface area contributed by atoms with E-state index in [1.165, 1.54) is 0 Å². The Morgan fingerprint density at radius 3 is 3.07 bits per heavy atom. The van der Waals surface area contributed by atoms with Gasteiger partial charge in [-0.15, -0.1) is 10.2 Å². The molecule has 0 unspecified atom stereocenters. The maximum absolute atomic E-state index is 5.72. The van der Waals surface area contributed by atoms with Crippen molar-refractivity contribution < 1.29 is 0 Å². The van der Waals surface area contributed by atoms with Crippen LogP contribution >= 0.6 is 11.6 Å². The highest BCUT2D eigenvalue weighted by atomic mass is 35.5. The summed E-state index contributed by atoms with van der Waals surface area (Å²) < 4.78 is 0. The van der Waals surface area contributed by atoms with E-state index in [0.717, 1.165) is 0 Å². The van der Waals surface area contributed by atoms with Gasteiger partial charge >= 0.3 is 0 Å². The third kappa shape index (κ3) is 2.32. The molecule has 2 heterocycles. The van der Waals surface area contributed by atoms with E-state index < -0.39 is 0 Å². The number of nitrogens with two attached hydrogens (primary N) is 1. The number of H-pyrrole nitrogens is 1. The summed E-state index contributed by atoms with van der Waals surface area (Å²) in [6, 6.07) is 3.30. The lowest BCUT2D eigenvalue weighted by molar-refractivity contribution is 0.881.